The first-order chi connectivity index (χ1) is 13.1. The van der Waals surface area contributed by atoms with E-state index in [0.717, 1.165) is 16.7 Å². The molecule has 0 fully saturated rings. The quantitative estimate of drug-likeness (QED) is 0.640. The van der Waals surface area contributed by atoms with Gasteiger partial charge < -0.3 is 9.15 Å². The number of benzene rings is 2. The van der Waals surface area contributed by atoms with Crippen LogP contribution in [0.5, 0.6) is 0 Å². The summed E-state index contributed by atoms with van der Waals surface area (Å²) in [5.74, 6) is 0.356. The zero-order chi connectivity index (χ0) is 18.8. The van der Waals surface area contributed by atoms with Crippen molar-refractivity contribution in [1.29, 1.82) is 0 Å². The summed E-state index contributed by atoms with van der Waals surface area (Å²) in [6.07, 6.45) is 0. The van der Waals surface area contributed by atoms with Crippen molar-refractivity contribution in [1.82, 2.24) is 15.1 Å². The van der Waals surface area contributed by atoms with Crippen molar-refractivity contribution in [3.8, 4) is 11.5 Å². The minimum atomic E-state index is -0.324. The van der Waals surface area contributed by atoms with Gasteiger partial charge in [-0.2, -0.15) is 0 Å². The second kappa shape index (κ2) is 7.50. The Morgan fingerprint density at radius 3 is 2.93 bits per heavy atom. The Bertz CT molecular complexity index is 972. The molecular formula is C20H18ClN3O3. The van der Waals surface area contributed by atoms with Crippen molar-refractivity contribution in [3.05, 3.63) is 70.6 Å². The molecule has 7 heteroatoms. The largest absolute Gasteiger partial charge is 0.469 e. The smallest absolute Gasteiger partial charge is 0.314 e. The van der Waals surface area contributed by atoms with E-state index in [1.54, 1.807) is 12.1 Å². The van der Waals surface area contributed by atoms with Crippen LogP contribution in [0.4, 0.5) is 0 Å². The molecule has 2 heterocycles. The number of rotatable bonds is 4. The Balaban J connectivity index is 1.54. The molecule has 3 aromatic rings. The highest BCUT2D eigenvalue weighted by Gasteiger charge is 2.31. The average molecular weight is 384 g/mol. The summed E-state index contributed by atoms with van der Waals surface area (Å²) in [5.41, 5.74) is 2.90. The number of methoxy groups -OCH3 is 1. The van der Waals surface area contributed by atoms with Crippen LogP contribution in [-0.2, 0) is 22.6 Å². The second-order valence-electron chi connectivity index (χ2n) is 6.46. The molecule has 1 aliphatic heterocycles. The first-order valence-electron chi connectivity index (χ1n) is 8.60. The highest BCUT2D eigenvalue weighted by molar-refractivity contribution is 6.30. The Kier molecular flexibility index (Phi) is 4.92. The lowest BCUT2D eigenvalue weighted by Crippen LogP contribution is -2.37. The SMILES string of the molecule is COC(=O)C1CN(Cc2nnc(-c3cccc(Cl)c3)o2)Cc2ccccc21. The number of carbonyl (C=O) groups excluding carboxylic acids is 1. The van der Waals surface area contributed by atoms with E-state index < -0.39 is 0 Å². The van der Waals surface area contributed by atoms with Crippen LogP contribution in [0.2, 0.25) is 5.02 Å². The Hall–Kier alpha value is -2.70. The lowest BCUT2D eigenvalue weighted by atomic mass is 9.90. The van der Waals surface area contributed by atoms with Gasteiger partial charge >= 0.3 is 5.97 Å². The summed E-state index contributed by atoms with van der Waals surface area (Å²) in [4.78, 5) is 14.3. The van der Waals surface area contributed by atoms with E-state index in [0.29, 0.717) is 36.4 Å². The molecule has 6 nitrogen and oxygen atoms in total. The summed E-state index contributed by atoms with van der Waals surface area (Å²) in [7, 11) is 1.42. The van der Waals surface area contributed by atoms with E-state index in [1.165, 1.54) is 7.11 Å². The number of halogens is 1. The van der Waals surface area contributed by atoms with E-state index in [-0.39, 0.29) is 11.9 Å². The Morgan fingerprint density at radius 1 is 1.26 bits per heavy atom. The maximum absolute atomic E-state index is 12.2. The number of nitrogens with zero attached hydrogens (tertiary/aromatic N) is 3. The summed E-state index contributed by atoms with van der Waals surface area (Å²) >= 11 is 6.02. The second-order valence-corrected chi connectivity index (χ2v) is 6.89. The number of ether oxygens (including phenoxy) is 1. The van der Waals surface area contributed by atoms with Gasteiger partial charge in [0, 0.05) is 23.7 Å². The molecule has 138 valence electrons. The first kappa shape index (κ1) is 17.7. The standard InChI is InChI=1S/C20H18ClN3O3/c1-26-20(25)17-11-24(10-14-5-2-3-8-16(14)17)12-18-22-23-19(27-18)13-6-4-7-15(21)9-13/h2-9,17H,10-12H2,1H3. The van der Waals surface area contributed by atoms with Gasteiger partial charge in [0.1, 0.15) is 0 Å². The van der Waals surface area contributed by atoms with Crippen LogP contribution in [0, 0.1) is 0 Å². The van der Waals surface area contributed by atoms with E-state index >= 15 is 0 Å². The van der Waals surface area contributed by atoms with E-state index in [2.05, 4.69) is 15.1 Å². The molecule has 2 aromatic carbocycles. The predicted molar refractivity (Wildman–Crippen MR) is 100 cm³/mol. The number of hydrogen-bond donors (Lipinski definition) is 0. The molecule has 1 unspecified atom stereocenters. The minimum absolute atomic E-state index is 0.239. The number of carbonyl (C=O) groups is 1. The topological polar surface area (TPSA) is 68.5 Å². The zero-order valence-electron chi connectivity index (χ0n) is 14.8. The summed E-state index contributed by atoms with van der Waals surface area (Å²) < 4.78 is 10.8. The molecule has 1 aliphatic rings. The average Bonchev–Trinajstić information content (AvgIpc) is 3.15. The zero-order valence-corrected chi connectivity index (χ0v) is 15.5. The molecule has 0 radical (unpaired) electrons. The lowest BCUT2D eigenvalue weighted by molar-refractivity contribution is -0.143. The number of esters is 1. The Morgan fingerprint density at radius 2 is 2.11 bits per heavy atom. The van der Waals surface area contributed by atoms with Gasteiger partial charge in [0.25, 0.3) is 0 Å². The molecular weight excluding hydrogens is 366 g/mol. The van der Waals surface area contributed by atoms with Crippen LogP contribution in [0.15, 0.2) is 52.9 Å². The number of hydrogen-bond acceptors (Lipinski definition) is 6. The molecule has 0 bridgehead atoms. The van der Waals surface area contributed by atoms with Gasteiger partial charge in [0.15, 0.2) is 0 Å². The van der Waals surface area contributed by atoms with Crippen LogP contribution in [0.1, 0.15) is 22.9 Å². The summed E-state index contributed by atoms with van der Waals surface area (Å²) in [5, 5.41) is 8.87. The van der Waals surface area contributed by atoms with E-state index in [1.807, 2.05) is 36.4 Å². The minimum Gasteiger partial charge on any atom is -0.469 e. The van der Waals surface area contributed by atoms with Crippen LogP contribution in [0.3, 0.4) is 0 Å². The van der Waals surface area contributed by atoms with Gasteiger partial charge in [-0.25, -0.2) is 0 Å². The molecule has 0 saturated heterocycles. The summed E-state index contributed by atoms with van der Waals surface area (Å²) in [6, 6.07) is 15.2. The fourth-order valence-corrected chi connectivity index (χ4v) is 3.58. The first-order valence-corrected chi connectivity index (χ1v) is 8.98. The Labute approximate surface area is 161 Å². The molecule has 0 spiro atoms. The fraction of sp³-hybridized carbons (Fsp3) is 0.250. The molecule has 1 atom stereocenters. The van der Waals surface area contributed by atoms with Crippen molar-refractivity contribution in [3.63, 3.8) is 0 Å². The number of aromatic nitrogens is 2. The van der Waals surface area contributed by atoms with Gasteiger partial charge in [-0.05, 0) is 29.3 Å². The molecule has 0 N–H and O–H groups in total. The normalized spacial score (nSPS) is 16.7. The van der Waals surface area contributed by atoms with E-state index in [4.69, 9.17) is 20.8 Å². The fourth-order valence-electron chi connectivity index (χ4n) is 3.39. The van der Waals surface area contributed by atoms with Crippen molar-refractivity contribution in [2.75, 3.05) is 13.7 Å². The molecule has 0 saturated carbocycles. The van der Waals surface area contributed by atoms with Gasteiger partial charge in [-0.1, -0.05) is 41.9 Å². The summed E-state index contributed by atoms with van der Waals surface area (Å²) in [6.45, 7) is 1.70. The van der Waals surface area contributed by atoms with Crippen LogP contribution in [-0.4, -0.2) is 34.7 Å². The molecule has 27 heavy (non-hydrogen) atoms. The van der Waals surface area contributed by atoms with Crippen LogP contribution >= 0.6 is 11.6 Å². The van der Waals surface area contributed by atoms with Crippen molar-refractivity contribution in [2.24, 2.45) is 0 Å². The van der Waals surface area contributed by atoms with E-state index in [9.17, 15) is 4.79 Å². The van der Waals surface area contributed by atoms with Crippen LogP contribution < -0.4 is 0 Å². The van der Waals surface area contributed by atoms with Crippen LogP contribution in [0.25, 0.3) is 11.5 Å². The molecule has 4 rings (SSSR count). The van der Waals surface area contributed by atoms with Crippen molar-refractivity contribution < 1.29 is 13.9 Å². The van der Waals surface area contributed by atoms with Gasteiger partial charge in [-0.3, -0.25) is 9.69 Å². The maximum Gasteiger partial charge on any atom is 0.314 e. The maximum atomic E-state index is 12.2. The highest BCUT2D eigenvalue weighted by Crippen LogP contribution is 2.30. The third-order valence-electron chi connectivity index (χ3n) is 4.65. The lowest BCUT2D eigenvalue weighted by Gasteiger charge is -2.32. The molecule has 1 aromatic heterocycles. The van der Waals surface area contributed by atoms with Crippen molar-refractivity contribution in [2.45, 2.75) is 19.0 Å². The number of fused-ring (bicyclic) bond motifs is 1. The van der Waals surface area contributed by atoms with Gasteiger partial charge in [0.05, 0.1) is 19.6 Å². The third kappa shape index (κ3) is 3.72. The van der Waals surface area contributed by atoms with Gasteiger partial charge in [0.2, 0.25) is 11.8 Å². The molecule has 0 amide bonds. The highest BCUT2D eigenvalue weighted by atomic mass is 35.5. The van der Waals surface area contributed by atoms with Gasteiger partial charge in [-0.15, -0.1) is 10.2 Å². The molecule has 0 aliphatic carbocycles. The van der Waals surface area contributed by atoms with Crippen molar-refractivity contribution >= 4 is 17.6 Å². The third-order valence-corrected chi connectivity index (χ3v) is 4.88. The monoisotopic (exact) mass is 383 g/mol. The predicted octanol–water partition coefficient (Wildman–Crippen LogP) is 3.66.